The highest BCUT2D eigenvalue weighted by molar-refractivity contribution is 5.59. The van der Waals surface area contributed by atoms with Crippen molar-refractivity contribution in [2.75, 3.05) is 6.61 Å². The Labute approximate surface area is 141 Å². The Balaban J connectivity index is 1.52. The fraction of sp³-hybridized carbons (Fsp3) is 0.368. The van der Waals surface area contributed by atoms with Crippen molar-refractivity contribution < 1.29 is 4.74 Å². The van der Waals surface area contributed by atoms with Crippen LogP contribution in [-0.2, 0) is 11.3 Å². The summed E-state index contributed by atoms with van der Waals surface area (Å²) in [5, 5.41) is 4.30. The predicted molar refractivity (Wildman–Crippen MR) is 93.0 cm³/mol. The topological polar surface area (TPSA) is 44.9 Å². The average Bonchev–Trinajstić information content (AvgIpc) is 3.33. The summed E-state index contributed by atoms with van der Waals surface area (Å²) in [6.07, 6.45) is 12.8. The van der Waals surface area contributed by atoms with Gasteiger partial charge in [0, 0.05) is 43.5 Å². The molecule has 1 aromatic carbocycles. The van der Waals surface area contributed by atoms with Crippen LogP contribution in [0.4, 0.5) is 0 Å². The van der Waals surface area contributed by atoms with Gasteiger partial charge in [0.25, 0.3) is 0 Å². The molecular weight excluding hydrogens is 300 g/mol. The summed E-state index contributed by atoms with van der Waals surface area (Å²) < 4.78 is 9.93. The van der Waals surface area contributed by atoms with E-state index in [1.807, 2.05) is 23.1 Å². The summed E-state index contributed by atoms with van der Waals surface area (Å²) >= 11 is 0. The van der Waals surface area contributed by atoms with Crippen LogP contribution in [0.3, 0.4) is 0 Å². The quantitative estimate of drug-likeness (QED) is 0.719. The van der Waals surface area contributed by atoms with E-state index in [2.05, 4.69) is 45.1 Å². The molecule has 0 aliphatic carbocycles. The lowest BCUT2D eigenvalue weighted by Crippen LogP contribution is -2.20. The van der Waals surface area contributed by atoms with Gasteiger partial charge in [-0.05, 0) is 43.9 Å². The molecule has 24 heavy (non-hydrogen) atoms. The van der Waals surface area contributed by atoms with Gasteiger partial charge in [-0.2, -0.15) is 5.10 Å². The molecule has 3 aromatic rings. The number of imidazole rings is 1. The van der Waals surface area contributed by atoms with E-state index in [-0.39, 0.29) is 0 Å². The van der Waals surface area contributed by atoms with Gasteiger partial charge in [0.1, 0.15) is 5.82 Å². The summed E-state index contributed by atoms with van der Waals surface area (Å²) in [5.41, 5.74) is 2.15. The summed E-state index contributed by atoms with van der Waals surface area (Å²) in [5.74, 6) is 1.000. The van der Waals surface area contributed by atoms with Gasteiger partial charge in [0.2, 0.25) is 0 Å². The zero-order valence-electron chi connectivity index (χ0n) is 13.7. The number of benzene rings is 1. The Morgan fingerprint density at radius 1 is 1.12 bits per heavy atom. The average molecular weight is 322 g/mol. The second-order valence-corrected chi connectivity index (χ2v) is 6.22. The van der Waals surface area contributed by atoms with Crippen molar-refractivity contribution in [1.29, 1.82) is 0 Å². The molecule has 0 saturated carbocycles. The van der Waals surface area contributed by atoms with E-state index >= 15 is 0 Å². The lowest BCUT2D eigenvalue weighted by Gasteiger charge is -2.22. The molecule has 0 amide bonds. The van der Waals surface area contributed by atoms with Crippen LogP contribution in [0.25, 0.3) is 17.1 Å². The van der Waals surface area contributed by atoms with Crippen molar-refractivity contribution in [3.8, 4) is 17.1 Å². The lowest BCUT2D eigenvalue weighted by atomic mass is 10.1. The number of hydrogen-bond donors (Lipinski definition) is 0. The highest BCUT2D eigenvalue weighted by Crippen LogP contribution is 2.22. The van der Waals surface area contributed by atoms with E-state index in [1.54, 1.807) is 6.20 Å². The van der Waals surface area contributed by atoms with E-state index in [9.17, 15) is 0 Å². The lowest BCUT2D eigenvalue weighted by molar-refractivity contribution is 0.00887. The molecule has 3 heterocycles. The van der Waals surface area contributed by atoms with Crippen molar-refractivity contribution in [2.24, 2.45) is 0 Å². The molecule has 0 bridgehead atoms. The van der Waals surface area contributed by atoms with Crippen molar-refractivity contribution >= 4 is 0 Å². The van der Waals surface area contributed by atoms with Crippen LogP contribution in [-0.4, -0.2) is 32.0 Å². The standard InChI is InChI=1S/C19H22N4O/c1-2-14-24-18(7-1)8-12-22-13-10-20-19(22)16-5-3-6-17(15-16)23-11-4-9-21-23/h3-6,9-11,13,15,18H,1-2,7-8,12,14H2/t18-/m0/s1. The molecule has 1 aliphatic rings. The maximum Gasteiger partial charge on any atom is 0.139 e. The minimum Gasteiger partial charge on any atom is -0.378 e. The molecule has 5 heteroatoms. The zero-order valence-corrected chi connectivity index (χ0v) is 13.7. The zero-order chi connectivity index (χ0) is 16.2. The first-order chi connectivity index (χ1) is 11.9. The Hall–Kier alpha value is -2.40. The summed E-state index contributed by atoms with van der Waals surface area (Å²) in [7, 11) is 0. The number of nitrogens with zero attached hydrogens (tertiary/aromatic N) is 4. The van der Waals surface area contributed by atoms with E-state index in [1.165, 1.54) is 19.3 Å². The van der Waals surface area contributed by atoms with Crippen LogP contribution >= 0.6 is 0 Å². The Kier molecular flexibility index (Phi) is 4.42. The molecule has 4 rings (SSSR count). The van der Waals surface area contributed by atoms with Crippen molar-refractivity contribution in [3.63, 3.8) is 0 Å². The molecule has 0 radical (unpaired) electrons. The predicted octanol–water partition coefficient (Wildman–Crippen LogP) is 3.70. The van der Waals surface area contributed by atoms with Crippen molar-refractivity contribution in [1.82, 2.24) is 19.3 Å². The van der Waals surface area contributed by atoms with Crippen LogP contribution in [0.2, 0.25) is 0 Å². The number of rotatable bonds is 5. The van der Waals surface area contributed by atoms with Crippen molar-refractivity contribution in [2.45, 2.75) is 38.3 Å². The highest BCUT2D eigenvalue weighted by atomic mass is 16.5. The van der Waals surface area contributed by atoms with Gasteiger partial charge >= 0.3 is 0 Å². The van der Waals surface area contributed by atoms with E-state index in [4.69, 9.17) is 4.74 Å². The molecule has 2 aromatic heterocycles. The van der Waals surface area contributed by atoms with Gasteiger partial charge < -0.3 is 9.30 Å². The first kappa shape index (κ1) is 15.1. The summed E-state index contributed by atoms with van der Waals surface area (Å²) in [4.78, 5) is 4.57. The molecular formula is C19H22N4O. The van der Waals surface area contributed by atoms with E-state index < -0.39 is 0 Å². The van der Waals surface area contributed by atoms with E-state index in [0.717, 1.165) is 36.6 Å². The van der Waals surface area contributed by atoms with Crippen LogP contribution in [0.5, 0.6) is 0 Å². The molecule has 124 valence electrons. The smallest absolute Gasteiger partial charge is 0.139 e. The summed E-state index contributed by atoms with van der Waals surface area (Å²) in [6, 6.07) is 10.3. The highest BCUT2D eigenvalue weighted by Gasteiger charge is 2.15. The second-order valence-electron chi connectivity index (χ2n) is 6.22. The molecule has 1 aliphatic heterocycles. The molecule has 1 saturated heterocycles. The largest absolute Gasteiger partial charge is 0.378 e. The van der Waals surface area contributed by atoms with Gasteiger partial charge in [0.05, 0.1) is 11.8 Å². The second kappa shape index (κ2) is 7.01. The minimum atomic E-state index is 0.393. The third kappa shape index (κ3) is 3.26. The van der Waals surface area contributed by atoms with E-state index in [0.29, 0.717) is 6.10 Å². The van der Waals surface area contributed by atoms with Gasteiger partial charge in [-0.15, -0.1) is 0 Å². The van der Waals surface area contributed by atoms with Crippen molar-refractivity contribution in [3.05, 3.63) is 55.1 Å². The molecule has 0 spiro atoms. The SMILES string of the molecule is c1cc(-c2nccn2CC[C@@H]2CCCCO2)cc(-n2cccn2)c1. The number of ether oxygens (including phenoxy) is 1. The van der Waals surface area contributed by atoms with Gasteiger partial charge in [-0.1, -0.05) is 12.1 Å². The molecule has 5 nitrogen and oxygen atoms in total. The Morgan fingerprint density at radius 2 is 2.12 bits per heavy atom. The maximum absolute atomic E-state index is 5.84. The monoisotopic (exact) mass is 322 g/mol. The number of hydrogen-bond acceptors (Lipinski definition) is 3. The van der Waals surface area contributed by atoms with Gasteiger partial charge in [-0.3, -0.25) is 0 Å². The Bertz CT molecular complexity index is 772. The third-order valence-electron chi connectivity index (χ3n) is 4.55. The first-order valence-electron chi connectivity index (χ1n) is 8.63. The molecule has 1 atom stereocenters. The molecule has 1 fully saturated rings. The first-order valence-corrected chi connectivity index (χ1v) is 8.63. The third-order valence-corrected chi connectivity index (χ3v) is 4.55. The fourth-order valence-corrected chi connectivity index (χ4v) is 3.28. The maximum atomic E-state index is 5.84. The summed E-state index contributed by atoms with van der Waals surface area (Å²) in [6.45, 7) is 1.85. The number of aromatic nitrogens is 4. The Morgan fingerprint density at radius 3 is 2.96 bits per heavy atom. The fourth-order valence-electron chi connectivity index (χ4n) is 3.28. The normalized spacial score (nSPS) is 17.9. The van der Waals surface area contributed by atoms with Crippen LogP contribution < -0.4 is 0 Å². The van der Waals surface area contributed by atoms with Gasteiger partial charge in [0.15, 0.2) is 0 Å². The number of aryl methyl sites for hydroxylation is 1. The van der Waals surface area contributed by atoms with Crippen LogP contribution in [0.15, 0.2) is 55.1 Å². The molecule has 0 N–H and O–H groups in total. The van der Waals surface area contributed by atoms with Gasteiger partial charge in [-0.25, -0.2) is 9.67 Å². The minimum absolute atomic E-state index is 0.393. The van der Waals surface area contributed by atoms with Crippen LogP contribution in [0.1, 0.15) is 25.7 Å². The molecule has 0 unspecified atom stereocenters. The van der Waals surface area contributed by atoms with Crippen LogP contribution in [0, 0.1) is 0 Å².